The van der Waals surface area contributed by atoms with Crippen LogP contribution in [0.2, 0.25) is 0 Å². The van der Waals surface area contributed by atoms with Gasteiger partial charge < -0.3 is 5.11 Å². The molecule has 0 radical (unpaired) electrons. The minimum Gasteiger partial charge on any atom is -0.506 e. The number of aromatic nitrogens is 2. The van der Waals surface area contributed by atoms with E-state index in [2.05, 4.69) is 30.6 Å². The van der Waals surface area contributed by atoms with Crippen molar-refractivity contribution in [2.75, 3.05) is 4.72 Å². The first-order valence-electron chi connectivity index (χ1n) is 8.54. The van der Waals surface area contributed by atoms with Crippen molar-refractivity contribution in [1.29, 1.82) is 0 Å². The molecule has 0 saturated carbocycles. The molecular formula is C20H23N3O3S. The van der Waals surface area contributed by atoms with Crippen LogP contribution in [-0.4, -0.2) is 23.3 Å². The summed E-state index contributed by atoms with van der Waals surface area (Å²) in [6.45, 7) is 8.10. The predicted octanol–water partition coefficient (Wildman–Crippen LogP) is 3.98. The van der Waals surface area contributed by atoms with Crippen LogP contribution >= 0.6 is 0 Å². The Morgan fingerprint density at radius 1 is 1.07 bits per heavy atom. The monoisotopic (exact) mass is 385 g/mol. The van der Waals surface area contributed by atoms with E-state index in [1.165, 1.54) is 12.1 Å². The first-order chi connectivity index (χ1) is 12.6. The smallest absolute Gasteiger partial charge is 0.261 e. The van der Waals surface area contributed by atoms with Gasteiger partial charge in [-0.2, -0.15) is 5.10 Å². The van der Waals surface area contributed by atoms with Crippen molar-refractivity contribution in [3.05, 3.63) is 66.0 Å². The largest absolute Gasteiger partial charge is 0.506 e. The van der Waals surface area contributed by atoms with Crippen LogP contribution in [-0.2, 0) is 15.4 Å². The number of anilines is 1. The number of rotatable bonds is 4. The average molecular weight is 385 g/mol. The maximum atomic E-state index is 12.6. The first-order valence-corrected chi connectivity index (χ1v) is 10.0. The second kappa shape index (κ2) is 6.74. The minimum absolute atomic E-state index is 0.0110. The molecular weight excluding hydrogens is 362 g/mol. The summed E-state index contributed by atoms with van der Waals surface area (Å²) >= 11 is 0. The van der Waals surface area contributed by atoms with E-state index in [1.54, 1.807) is 41.2 Å². The lowest BCUT2D eigenvalue weighted by Crippen LogP contribution is -2.13. The summed E-state index contributed by atoms with van der Waals surface area (Å²) in [6, 6.07) is 11.1. The van der Waals surface area contributed by atoms with Crippen LogP contribution in [0, 0.1) is 6.92 Å². The molecule has 0 saturated heterocycles. The Labute approximate surface area is 159 Å². The van der Waals surface area contributed by atoms with Gasteiger partial charge >= 0.3 is 0 Å². The fourth-order valence-corrected chi connectivity index (χ4v) is 3.59. The van der Waals surface area contributed by atoms with Gasteiger partial charge in [0.1, 0.15) is 11.4 Å². The molecule has 0 bridgehead atoms. The molecule has 0 atom stereocenters. The quantitative estimate of drug-likeness (QED) is 0.665. The summed E-state index contributed by atoms with van der Waals surface area (Å²) in [7, 11) is -3.72. The Hall–Kier alpha value is -2.80. The lowest BCUT2D eigenvalue weighted by molar-refractivity contribution is 0.470. The molecule has 1 aromatic heterocycles. The standard InChI is InChI=1S/C20H23N3O3S/c1-14-5-8-17(9-6-14)27(25,26)22-16-7-10-19(24)18(11-16)23-13-15(12-21-23)20(2,3)4/h5-13,22,24H,1-4H3. The zero-order valence-corrected chi connectivity index (χ0v) is 16.6. The molecule has 142 valence electrons. The van der Waals surface area contributed by atoms with Crippen LogP contribution in [0.25, 0.3) is 5.69 Å². The van der Waals surface area contributed by atoms with E-state index in [4.69, 9.17) is 0 Å². The number of aromatic hydroxyl groups is 1. The molecule has 0 aliphatic heterocycles. The fourth-order valence-electron chi connectivity index (χ4n) is 2.54. The summed E-state index contributed by atoms with van der Waals surface area (Å²) < 4.78 is 29.3. The number of aryl methyl sites for hydroxylation is 1. The molecule has 0 fully saturated rings. The van der Waals surface area contributed by atoms with Crippen LogP contribution < -0.4 is 4.72 Å². The molecule has 0 aliphatic rings. The van der Waals surface area contributed by atoms with Gasteiger partial charge in [-0.15, -0.1) is 0 Å². The van der Waals surface area contributed by atoms with Crippen LogP contribution in [0.5, 0.6) is 5.75 Å². The number of nitrogens with one attached hydrogen (secondary N) is 1. The molecule has 7 heteroatoms. The third kappa shape index (κ3) is 4.14. The predicted molar refractivity (Wildman–Crippen MR) is 106 cm³/mol. The summed E-state index contributed by atoms with van der Waals surface area (Å²) in [5.74, 6) is 0.0110. The van der Waals surface area contributed by atoms with Gasteiger partial charge in [-0.1, -0.05) is 38.5 Å². The zero-order chi connectivity index (χ0) is 19.8. The Morgan fingerprint density at radius 3 is 2.33 bits per heavy atom. The van der Waals surface area contributed by atoms with Crippen LogP contribution in [0.15, 0.2) is 59.8 Å². The highest BCUT2D eigenvalue weighted by atomic mass is 32.2. The average Bonchev–Trinajstić information content (AvgIpc) is 3.07. The Kier molecular flexibility index (Phi) is 4.73. The highest BCUT2D eigenvalue weighted by Gasteiger charge is 2.18. The second-order valence-corrected chi connectivity index (χ2v) is 9.23. The van der Waals surface area contributed by atoms with Crippen molar-refractivity contribution in [1.82, 2.24) is 9.78 Å². The van der Waals surface area contributed by atoms with Crippen LogP contribution in [0.1, 0.15) is 31.9 Å². The topological polar surface area (TPSA) is 84.2 Å². The normalized spacial score (nSPS) is 12.1. The van der Waals surface area contributed by atoms with Crippen molar-refractivity contribution in [3.8, 4) is 11.4 Å². The summed E-state index contributed by atoms with van der Waals surface area (Å²) in [5.41, 5.74) is 2.64. The molecule has 2 N–H and O–H groups in total. The van der Waals surface area contributed by atoms with Crippen LogP contribution in [0.4, 0.5) is 5.69 Å². The van der Waals surface area contributed by atoms with Crippen molar-refractivity contribution in [3.63, 3.8) is 0 Å². The number of hydrogen-bond donors (Lipinski definition) is 2. The third-order valence-electron chi connectivity index (χ3n) is 4.25. The van der Waals surface area contributed by atoms with Gasteiger partial charge in [-0.25, -0.2) is 13.1 Å². The summed E-state index contributed by atoms with van der Waals surface area (Å²) in [5, 5.41) is 14.5. The van der Waals surface area contributed by atoms with E-state index in [0.717, 1.165) is 11.1 Å². The van der Waals surface area contributed by atoms with E-state index in [-0.39, 0.29) is 16.1 Å². The Balaban J connectivity index is 1.94. The fraction of sp³-hybridized carbons (Fsp3) is 0.250. The Bertz CT molecular complexity index is 1060. The van der Waals surface area contributed by atoms with E-state index >= 15 is 0 Å². The molecule has 1 heterocycles. The minimum atomic E-state index is -3.72. The molecule has 3 rings (SSSR count). The molecule has 0 spiro atoms. The molecule has 3 aromatic rings. The number of hydrogen-bond acceptors (Lipinski definition) is 4. The number of sulfonamides is 1. The van der Waals surface area contributed by atoms with Gasteiger partial charge in [0.15, 0.2) is 0 Å². The molecule has 0 amide bonds. The van der Waals surface area contributed by atoms with Crippen molar-refractivity contribution < 1.29 is 13.5 Å². The first kappa shape index (κ1) is 19.0. The van der Waals surface area contributed by atoms with Gasteiger partial charge in [0.25, 0.3) is 10.0 Å². The van der Waals surface area contributed by atoms with E-state index < -0.39 is 10.0 Å². The van der Waals surface area contributed by atoms with Crippen molar-refractivity contribution in [2.24, 2.45) is 0 Å². The van der Waals surface area contributed by atoms with Gasteiger partial charge in [-0.05, 0) is 48.2 Å². The highest BCUT2D eigenvalue weighted by molar-refractivity contribution is 7.92. The summed E-state index contributed by atoms with van der Waals surface area (Å²) in [4.78, 5) is 0.178. The molecule has 0 unspecified atom stereocenters. The number of nitrogens with zero attached hydrogens (tertiary/aromatic N) is 2. The van der Waals surface area contributed by atoms with Gasteiger partial charge in [0.05, 0.1) is 16.8 Å². The third-order valence-corrected chi connectivity index (χ3v) is 5.65. The maximum absolute atomic E-state index is 12.6. The molecule has 6 nitrogen and oxygen atoms in total. The number of phenols is 1. The zero-order valence-electron chi connectivity index (χ0n) is 15.8. The molecule has 2 aromatic carbocycles. The van der Waals surface area contributed by atoms with Crippen molar-refractivity contribution >= 4 is 15.7 Å². The highest BCUT2D eigenvalue weighted by Crippen LogP contribution is 2.29. The van der Waals surface area contributed by atoms with Gasteiger partial charge in [0.2, 0.25) is 0 Å². The van der Waals surface area contributed by atoms with Crippen molar-refractivity contribution in [2.45, 2.75) is 38.0 Å². The lowest BCUT2D eigenvalue weighted by atomic mass is 9.90. The lowest BCUT2D eigenvalue weighted by Gasteiger charge is -2.15. The summed E-state index contributed by atoms with van der Waals surface area (Å²) in [6.07, 6.45) is 3.57. The SMILES string of the molecule is Cc1ccc(S(=O)(=O)Nc2ccc(O)c(-n3cc(C(C)(C)C)cn3)c2)cc1. The van der Waals surface area contributed by atoms with Gasteiger partial charge in [-0.3, -0.25) is 4.72 Å². The van der Waals surface area contributed by atoms with Crippen LogP contribution in [0.3, 0.4) is 0 Å². The van der Waals surface area contributed by atoms with E-state index in [9.17, 15) is 13.5 Å². The second-order valence-electron chi connectivity index (χ2n) is 7.55. The number of benzene rings is 2. The maximum Gasteiger partial charge on any atom is 0.261 e. The van der Waals surface area contributed by atoms with Gasteiger partial charge in [0, 0.05) is 6.20 Å². The molecule has 0 aliphatic carbocycles. The Morgan fingerprint density at radius 2 is 1.74 bits per heavy atom. The van der Waals surface area contributed by atoms with E-state index in [0.29, 0.717) is 11.4 Å². The number of phenolic OH excluding ortho intramolecular Hbond substituents is 1. The molecule has 27 heavy (non-hydrogen) atoms. The van der Waals surface area contributed by atoms with E-state index in [1.807, 2.05) is 13.1 Å².